The Hall–Kier alpha value is -3.62. The average molecular weight is 425 g/mol. The van der Waals surface area contributed by atoms with Gasteiger partial charge in [-0.15, -0.1) is 0 Å². The first-order valence-electron chi connectivity index (χ1n) is 10.3. The van der Waals surface area contributed by atoms with Crippen LogP contribution < -0.4 is 15.5 Å². The molecule has 1 aliphatic heterocycles. The fourth-order valence-electron chi connectivity index (χ4n) is 3.30. The van der Waals surface area contributed by atoms with Crippen molar-refractivity contribution in [2.45, 2.75) is 20.3 Å². The van der Waals surface area contributed by atoms with E-state index in [1.807, 2.05) is 0 Å². The smallest absolute Gasteiger partial charge is 0.339 e. The maximum atomic E-state index is 12.7. The zero-order valence-electron chi connectivity index (χ0n) is 17.8. The van der Waals surface area contributed by atoms with Gasteiger partial charge in [-0.05, 0) is 49.7 Å². The minimum absolute atomic E-state index is 0.143. The maximum absolute atomic E-state index is 12.7. The van der Waals surface area contributed by atoms with E-state index in [-0.39, 0.29) is 17.9 Å². The predicted octanol–water partition coefficient (Wildman–Crippen LogP) is 2.96. The molecule has 0 saturated carbocycles. The van der Waals surface area contributed by atoms with Gasteiger partial charge in [0.05, 0.1) is 12.2 Å². The Morgan fingerprint density at radius 2 is 1.68 bits per heavy atom. The quantitative estimate of drug-likeness (QED) is 0.714. The van der Waals surface area contributed by atoms with Crippen molar-refractivity contribution in [1.29, 1.82) is 0 Å². The molecule has 0 radical (unpaired) electrons. The summed E-state index contributed by atoms with van der Waals surface area (Å²) >= 11 is 0. The van der Waals surface area contributed by atoms with E-state index in [0.29, 0.717) is 43.2 Å². The lowest BCUT2D eigenvalue weighted by Gasteiger charge is -2.23. The first-order chi connectivity index (χ1) is 15.0. The zero-order chi connectivity index (χ0) is 22.2. The molecule has 0 spiro atoms. The van der Waals surface area contributed by atoms with Crippen LogP contribution in [-0.2, 0) is 9.53 Å². The Kier molecular flexibility index (Phi) is 7.42. The lowest BCUT2D eigenvalue weighted by atomic mass is 10.2. The van der Waals surface area contributed by atoms with Crippen molar-refractivity contribution < 1.29 is 19.1 Å². The molecule has 2 heterocycles. The summed E-state index contributed by atoms with van der Waals surface area (Å²) in [6, 6.07) is 10.3. The van der Waals surface area contributed by atoms with Gasteiger partial charge in [-0.1, -0.05) is 0 Å². The second kappa shape index (κ2) is 10.4. The number of amides is 3. The van der Waals surface area contributed by atoms with E-state index in [1.165, 1.54) is 13.1 Å². The van der Waals surface area contributed by atoms with E-state index in [2.05, 4.69) is 20.5 Å². The Morgan fingerprint density at radius 1 is 0.968 bits per heavy atom. The van der Waals surface area contributed by atoms with E-state index < -0.39 is 0 Å². The van der Waals surface area contributed by atoms with Gasteiger partial charge in [0.1, 0.15) is 5.82 Å². The molecule has 0 bridgehead atoms. The Labute approximate surface area is 181 Å². The molecule has 3 rings (SSSR count). The third-order valence-corrected chi connectivity index (χ3v) is 4.82. The number of urea groups is 1. The third kappa shape index (κ3) is 6.18. The van der Waals surface area contributed by atoms with Crippen LogP contribution in [0.25, 0.3) is 0 Å². The lowest BCUT2D eigenvalue weighted by Crippen LogP contribution is -2.38. The largest absolute Gasteiger partial charge is 0.462 e. The summed E-state index contributed by atoms with van der Waals surface area (Å²) in [4.78, 5) is 43.8. The Bertz CT molecular complexity index is 915. The lowest BCUT2D eigenvalue weighted by molar-refractivity contribution is -0.114. The standard InChI is InChI=1S/C22H27N5O4/c1-3-31-21(29)17-5-10-20(23-15-17)26-11-4-12-27(14-13-26)22(30)25-19-8-6-18(7-9-19)24-16(2)28/h5-10,15H,3-4,11-14H2,1-2H3,(H,24,28)(H,25,30). The van der Waals surface area contributed by atoms with Crippen molar-refractivity contribution >= 4 is 35.1 Å². The van der Waals surface area contributed by atoms with Crippen LogP contribution in [0.15, 0.2) is 42.6 Å². The van der Waals surface area contributed by atoms with Gasteiger partial charge >= 0.3 is 12.0 Å². The topological polar surface area (TPSA) is 104 Å². The van der Waals surface area contributed by atoms with Crippen LogP contribution in [0.4, 0.5) is 22.0 Å². The zero-order valence-corrected chi connectivity index (χ0v) is 17.8. The van der Waals surface area contributed by atoms with E-state index >= 15 is 0 Å². The SMILES string of the molecule is CCOC(=O)c1ccc(N2CCCN(C(=O)Nc3ccc(NC(C)=O)cc3)CC2)nc1. The number of rotatable bonds is 5. The molecule has 2 aromatic rings. The summed E-state index contributed by atoms with van der Waals surface area (Å²) in [5.74, 6) is 0.241. The fraction of sp³-hybridized carbons (Fsp3) is 0.364. The maximum Gasteiger partial charge on any atom is 0.339 e. The highest BCUT2D eigenvalue weighted by Gasteiger charge is 2.20. The molecule has 2 N–H and O–H groups in total. The molecule has 0 atom stereocenters. The highest BCUT2D eigenvalue weighted by molar-refractivity contribution is 5.91. The molecule has 9 nitrogen and oxygen atoms in total. The van der Waals surface area contributed by atoms with Crippen LogP contribution in [0.3, 0.4) is 0 Å². The molecule has 1 fully saturated rings. The number of pyridine rings is 1. The van der Waals surface area contributed by atoms with Crippen LogP contribution in [0.2, 0.25) is 0 Å². The van der Waals surface area contributed by atoms with Crippen molar-refractivity contribution in [3.63, 3.8) is 0 Å². The molecule has 3 amide bonds. The van der Waals surface area contributed by atoms with Crippen LogP contribution in [0, 0.1) is 0 Å². The van der Waals surface area contributed by atoms with E-state index in [4.69, 9.17) is 4.74 Å². The molecule has 1 saturated heterocycles. The van der Waals surface area contributed by atoms with Crippen molar-refractivity contribution in [3.05, 3.63) is 48.2 Å². The summed E-state index contributed by atoms with van der Waals surface area (Å²) in [6.07, 6.45) is 2.32. The van der Waals surface area contributed by atoms with E-state index in [0.717, 1.165) is 18.8 Å². The third-order valence-electron chi connectivity index (χ3n) is 4.82. The monoisotopic (exact) mass is 425 g/mol. The molecule has 0 aliphatic carbocycles. The normalized spacial score (nSPS) is 13.9. The molecular weight excluding hydrogens is 398 g/mol. The van der Waals surface area contributed by atoms with Gasteiger partial charge in [0.15, 0.2) is 0 Å². The summed E-state index contributed by atoms with van der Waals surface area (Å²) in [5, 5.41) is 5.59. The predicted molar refractivity (Wildman–Crippen MR) is 118 cm³/mol. The van der Waals surface area contributed by atoms with Gasteiger partial charge in [0.25, 0.3) is 0 Å². The molecule has 0 unspecified atom stereocenters. The molecule has 9 heteroatoms. The Balaban J connectivity index is 1.55. The number of carbonyl (C=O) groups excluding carboxylic acids is 3. The summed E-state index contributed by atoms with van der Waals surface area (Å²) in [7, 11) is 0. The van der Waals surface area contributed by atoms with Crippen molar-refractivity contribution in [3.8, 4) is 0 Å². The number of nitrogens with one attached hydrogen (secondary N) is 2. The van der Waals surface area contributed by atoms with Gasteiger partial charge < -0.3 is 25.2 Å². The first-order valence-corrected chi connectivity index (χ1v) is 10.3. The van der Waals surface area contributed by atoms with Gasteiger partial charge in [-0.3, -0.25) is 4.79 Å². The number of hydrogen-bond acceptors (Lipinski definition) is 6. The molecule has 31 heavy (non-hydrogen) atoms. The number of nitrogens with zero attached hydrogens (tertiary/aromatic N) is 3. The second-order valence-electron chi connectivity index (χ2n) is 7.14. The van der Waals surface area contributed by atoms with Gasteiger partial charge in [0, 0.05) is 50.7 Å². The molecular formula is C22H27N5O4. The van der Waals surface area contributed by atoms with Crippen molar-refractivity contribution in [2.75, 3.05) is 48.3 Å². The fourth-order valence-corrected chi connectivity index (χ4v) is 3.30. The number of ether oxygens (including phenoxy) is 1. The van der Waals surface area contributed by atoms with Crippen molar-refractivity contribution in [2.24, 2.45) is 0 Å². The van der Waals surface area contributed by atoms with E-state index in [9.17, 15) is 14.4 Å². The number of aromatic nitrogens is 1. The summed E-state index contributed by atoms with van der Waals surface area (Å²) in [6.45, 7) is 6.12. The summed E-state index contributed by atoms with van der Waals surface area (Å²) < 4.78 is 4.98. The van der Waals surface area contributed by atoms with Crippen LogP contribution in [0.5, 0.6) is 0 Å². The first kappa shape index (κ1) is 22.1. The average Bonchev–Trinajstić information content (AvgIpc) is 3.01. The molecule has 1 aromatic heterocycles. The van der Waals surface area contributed by atoms with Crippen molar-refractivity contribution in [1.82, 2.24) is 9.88 Å². The Morgan fingerprint density at radius 3 is 2.29 bits per heavy atom. The number of hydrogen-bond donors (Lipinski definition) is 2. The molecule has 1 aliphatic rings. The number of esters is 1. The molecule has 1 aromatic carbocycles. The number of carbonyl (C=O) groups is 3. The highest BCUT2D eigenvalue weighted by Crippen LogP contribution is 2.17. The number of benzene rings is 1. The van der Waals surface area contributed by atoms with Gasteiger partial charge in [-0.25, -0.2) is 14.6 Å². The molecule has 164 valence electrons. The highest BCUT2D eigenvalue weighted by atomic mass is 16.5. The number of anilines is 3. The van der Waals surface area contributed by atoms with Crippen LogP contribution >= 0.6 is 0 Å². The second-order valence-corrected chi connectivity index (χ2v) is 7.14. The van der Waals surface area contributed by atoms with Crippen LogP contribution in [-0.4, -0.2) is 60.6 Å². The van der Waals surface area contributed by atoms with E-state index in [1.54, 1.807) is 48.2 Å². The minimum atomic E-state index is -0.384. The van der Waals surface area contributed by atoms with Crippen LogP contribution in [0.1, 0.15) is 30.6 Å². The minimum Gasteiger partial charge on any atom is -0.462 e. The van der Waals surface area contributed by atoms with Gasteiger partial charge in [0.2, 0.25) is 5.91 Å². The van der Waals surface area contributed by atoms with Gasteiger partial charge in [-0.2, -0.15) is 0 Å². The summed E-state index contributed by atoms with van der Waals surface area (Å²) in [5.41, 5.74) is 1.76.